The molecule has 0 saturated heterocycles. The third-order valence-electron chi connectivity index (χ3n) is 2.66. The molecule has 1 fully saturated rings. The van der Waals surface area contributed by atoms with E-state index in [1.54, 1.807) is 0 Å². The van der Waals surface area contributed by atoms with Crippen LogP contribution in [0.15, 0.2) is 0 Å². The molecule has 0 aromatic heterocycles. The average Bonchev–Trinajstić information content (AvgIpc) is 2.16. The van der Waals surface area contributed by atoms with E-state index in [4.69, 9.17) is 5.73 Å². The number of hydrogen-bond donors (Lipinski definition) is 1. The third-order valence-corrected chi connectivity index (χ3v) is 4.42. The minimum absolute atomic E-state index is 0.716. The van der Waals surface area contributed by atoms with Crippen molar-refractivity contribution in [1.82, 2.24) is 0 Å². The molecule has 1 rings (SSSR count). The fraction of sp³-hybridized carbons (Fsp3) is 1.00. The van der Waals surface area contributed by atoms with Crippen LogP contribution in [-0.2, 0) is 0 Å². The van der Waals surface area contributed by atoms with Gasteiger partial charge in [-0.25, -0.2) is 0 Å². The molecule has 1 aliphatic rings. The first-order valence-corrected chi connectivity index (χ1v) is 6.16. The Labute approximate surface area is 80.5 Å². The second kappa shape index (κ2) is 5.87. The number of nitrogens with two attached hydrogens (primary N) is 1. The molecular weight excluding hydrogens is 166 g/mol. The topological polar surface area (TPSA) is 26.0 Å². The van der Waals surface area contributed by atoms with E-state index in [9.17, 15) is 0 Å². The van der Waals surface area contributed by atoms with Gasteiger partial charge in [0.05, 0.1) is 0 Å². The second-order valence-corrected chi connectivity index (χ2v) is 5.27. The zero-order chi connectivity index (χ0) is 8.81. The van der Waals surface area contributed by atoms with E-state index in [1.165, 1.54) is 38.5 Å². The van der Waals surface area contributed by atoms with Crippen molar-refractivity contribution in [3.05, 3.63) is 0 Å². The Kier molecular flexibility index (Phi) is 5.08. The Morgan fingerprint density at radius 2 is 2.00 bits per heavy atom. The molecule has 72 valence electrons. The predicted octanol–water partition coefficient (Wildman–Crippen LogP) is 2.79. The SMILES string of the molecule is CCC(CN)SC1CCCCC1. The molecule has 2 heteroatoms. The molecular formula is C10H21NS. The molecule has 0 heterocycles. The van der Waals surface area contributed by atoms with E-state index >= 15 is 0 Å². The van der Waals surface area contributed by atoms with Gasteiger partial charge in [0.15, 0.2) is 0 Å². The summed E-state index contributed by atoms with van der Waals surface area (Å²) in [6.45, 7) is 3.10. The van der Waals surface area contributed by atoms with Crippen molar-refractivity contribution < 1.29 is 0 Å². The molecule has 0 aliphatic heterocycles. The summed E-state index contributed by atoms with van der Waals surface area (Å²) in [5.74, 6) is 0. The monoisotopic (exact) mass is 187 g/mol. The van der Waals surface area contributed by atoms with Crippen LogP contribution < -0.4 is 5.73 Å². The maximum absolute atomic E-state index is 5.68. The fourth-order valence-corrected chi connectivity index (χ4v) is 3.25. The molecule has 1 atom stereocenters. The van der Waals surface area contributed by atoms with E-state index in [1.807, 2.05) is 0 Å². The summed E-state index contributed by atoms with van der Waals surface area (Å²) in [5.41, 5.74) is 5.68. The van der Waals surface area contributed by atoms with Gasteiger partial charge in [0.2, 0.25) is 0 Å². The van der Waals surface area contributed by atoms with Gasteiger partial charge in [-0.3, -0.25) is 0 Å². The Morgan fingerprint density at radius 3 is 2.50 bits per heavy atom. The fourth-order valence-electron chi connectivity index (χ4n) is 1.79. The van der Waals surface area contributed by atoms with E-state index in [0.29, 0.717) is 5.25 Å². The van der Waals surface area contributed by atoms with Gasteiger partial charge in [-0.1, -0.05) is 26.2 Å². The largest absolute Gasteiger partial charge is 0.329 e. The first-order valence-electron chi connectivity index (χ1n) is 5.22. The molecule has 2 N–H and O–H groups in total. The van der Waals surface area contributed by atoms with Gasteiger partial charge < -0.3 is 5.73 Å². The standard InChI is InChI=1S/C10H21NS/c1-2-9(8-11)12-10-6-4-3-5-7-10/h9-10H,2-8,11H2,1H3. The smallest absolute Gasteiger partial charge is 0.0170 e. The summed E-state index contributed by atoms with van der Waals surface area (Å²) in [6, 6.07) is 0. The van der Waals surface area contributed by atoms with Crippen LogP contribution in [0.25, 0.3) is 0 Å². The van der Waals surface area contributed by atoms with E-state index in [2.05, 4.69) is 18.7 Å². The Morgan fingerprint density at radius 1 is 1.33 bits per heavy atom. The second-order valence-electron chi connectivity index (χ2n) is 3.66. The zero-order valence-electron chi connectivity index (χ0n) is 8.09. The lowest BCUT2D eigenvalue weighted by molar-refractivity contribution is 0.514. The van der Waals surface area contributed by atoms with Crippen molar-refractivity contribution in [1.29, 1.82) is 0 Å². The molecule has 1 aliphatic carbocycles. The molecule has 1 saturated carbocycles. The highest BCUT2D eigenvalue weighted by molar-refractivity contribution is 8.00. The summed E-state index contributed by atoms with van der Waals surface area (Å²) >= 11 is 2.14. The zero-order valence-corrected chi connectivity index (χ0v) is 8.91. The van der Waals surface area contributed by atoms with Gasteiger partial charge in [-0.15, -0.1) is 0 Å². The van der Waals surface area contributed by atoms with Crippen LogP contribution in [0, 0.1) is 0 Å². The van der Waals surface area contributed by atoms with E-state index < -0.39 is 0 Å². The average molecular weight is 187 g/mol. The lowest BCUT2D eigenvalue weighted by Crippen LogP contribution is -2.20. The number of thioether (sulfide) groups is 1. The molecule has 0 amide bonds. The Hall–Kier alpha value is 0.310. The van der Waals surface area contributed by atoms with Crippen LogP contribution in [-0.4, -0.2) is 17.0 Å². The maximum Gasteiger partial charge on any atom is 0.0170 e. The lowest BCUT2D eigenvalue weighted by Gasteiger charge is -2.24. The van der Waals surface area contributed by atoms with Crippen molar-refractivity contribution in [3.8, 4) is 0 Å². The summed E-state index contributed by atoms with van der Waals surface area (Å²) < 4.78 is 0. The van der Waals surface area contributed by atoms with Crippen LogP contribution >= 0.6 is 11.8 Å². The number of rotatable bonds is 4. The molecule has 0 bridgehead atoms. The van der Waals surface area contributed by atoms with Crippen LogP contribution in [0.4, 0.5) is 0 Å². The van der Waals surface area contributed by atoms with Crippen LogP contribution in [0.1, 0.15) is 45.4 Å². The summed E-state index contributed by atoms with van der Waals surface area (Å²) in [6.07, 6.45) is 8.44. The molecule has 0 spiro atoms. The van der Waals surface area contributed by atoms with Crippen molar-refractivity contribution in [3.63, 3.8) is 0 Å². The molecule has 1 unspecified atom stereocenters. The van der Waals surface area contributed by atoms with Crippen molar-refractivity contribution >= 4 is 11.8 Å². The first kappa shape index (κ1) is 10.4. The first-order chi connectivity index (χ1) is 5.86. The molecule has 12 heavy (non-hydrogen) atoms. The minimum atomic E-state index is 0.716. The van der Waals surface area contributed by atoms with Gasteiger partial charge in [0, 0.05) is 17.0 Å². The normalized spacial score (nSPS) is 22.5. The summed E-state index contributed by atoms with van der Waals surface area (Å²) in [7, 11) is 0. The lowest BCUT2D eigenvalue weighted by atomic mass is 10.0. The van der Waals surface area contributed by atoms with E-state index in [0.717, 1.165) is 11.8 Å². The third kappa shape index (κ3) is 3.36. The van der Waals surface area contributed by atoms with Crippen molar-refractivity contribution in [2.45, 2.75) is 55.9 Å². The van der Waals surface area contributed by atoms with Crippen molar-refractivity contribution in [2.24, 2.45) is 5.73 Å². The van der Waals surface area contributed by atoms with Crippen LogP contribution in [0.5, 0.6) is 0 Å². The molecule has 0 aromatic rings. The molecule has 1 nitrogen and oxygen atoms in total. The van der Waals surface area contributed by atoms with E-state index in [-0.39, 0.29) is 0 Å². The highest BCUT2D eigenvalue weighted by Gasteiger charge is 2.17. The highest BCUT2D eigenvalue weighted by atomic mass is 32.2. The predicted molar refractivity (Wildman–Crippen MR) is 57.6 cm³/mol. The molecule has 0 radical (unpaired) electrons. The number of hydrogen-bond acceptors (Lipinski definition) is 2. The minimum Gasteiger partial charge on any atom is -0.329 e. The van der Waals surface area contributed by atoms with Gasteiger partial charge in [-0.2, -0.15) is 11.8 Å². The van der Waals surface area contributed by atoms with Crippen LogP contribution in [0.2, 0.25) is 0 Å². The quantitative estimate of drug-likeness (QED) is 0.732. The Bertz CT molecular complexity index is 106. The van der Waals surface area contributed by atoms with Gasteiger partial charge in [0.1, 0.15) is 0 Å². The summed E-state index contributed by atoms with van der Waals surface area (Å²) in [4.78, 5) is 0. The van der Waals surface area contributed by atoms with Gasteiger partial charge >= 0.3 is 0 Å². The summed E-state index contributed by atoms with van der Waals surface area (Å²) in [5, 5.41) is 1.64. The molecule has 0 aromatic carbocycles. The van der Waals surface area contributed by atoms with Gasteiger partial charge in [0.25, 0.3) is 0 Å². The maximum atomic E-state index is 5.68. The Balaban J connectivity index is 2.18. The highest BCUT2D eigenvalue weighted by Crippen LogP contribution is 2.31. The van der Waals surface area contributed by atoms with Gasteiger partial charge in [-0.05, 0) is 19.3 Å². The van der Waals surface area contributed by atoms with Crippen molar-refractivity contribution in [2.75, 3.05) is 6.54 Å². The van der Waals surface area contributed by atoms with Crippen LogP contribution in [0.3, 0.4) is 0 Å².